The van der Waals surface area contributed by atoms with Gasteiger partial charge in [0.25, 0.3) is 0 Å². The van der Waals surface area contributed by atoms with E-state index in [2.05, 4.69) is 64.2 Å². The Labute approximate surface area is 290 Å². The molecular formula is C36H41N7O4S2. The number of pyridine rings is 2. The van der Waals surface area contributed by atoms with Crippen LogP contribution in [-0.4, -0.2) is 56.5 Å². The van der Waals surface area contributed by atoms with E-state index in [0.29, 0.717) is 35.1 Å². The molecule has 0 amide bonds. The van der Waals surface area contributed by atoms with Crippen molar-refractivity contribution in [3.8, 4) is 21.9 Å². The first kappa shape index (κ1) is 32.4. The first-order valence-corrected chi connectivity index (χ1v) is 19.7. The molecule has 8 rings (SSSR count). The second kappa shape index (κ2) is 12.5. The molecule has 1 fully saturated rings. The molecule has 0 radical (unpaired) electrons. The summed E-state index contributed by atoms with van der Waals surface area (Å²) < 4.78 is 41.4. The van der Waals surface area contributed by atoms with Crippen molar-refractivity contribution in [2.75, 3.05) is 11.1 Å². The average Bonchev–Trinajstić information content (AvgIpc) is 3.84. The van der Waals surface area contributed by atoms with E-state index in [0.717, 1.165) is 64.4 Å². The van der Waals surface area contributed by atoms with Gasteiger partial charge in [-0.2, -0.15) is 0 Å². The summed E-state index contributed by atoms with van der Waals surface area (Å²) in [6, 6.07) is 6.13. The molecule has 11 nitrogen and oxygen atoms in total. The predicted octanol–water partition coefficient (Wildman–Crippen LogP) is 7.27. The van der Waals surface area contributed by atoms with E-state index in [1.54, 1.807) is 13.3 Å². The van der Waals surface area contributed by atoms with Gasteiger partial charge in [0.2, 0.25) is 11.8 Å². The number of thiophene rings is 1. The lowest BCUT2D eigenvalue weighted by atomic mass is 9.86. The smallest absolute Gasteiger partial charge is 0.250 e. The van der Waals surface area contributed by atoms with Crippen molar-refractivity contribution in [1.29, 1.82) is 0 Å². The number of ether oxygens (including phenoxy) is 1. The Kier molecular flexibility index (Phi) is 8.27. The number of sulfone groups is 1. The van der Waals surface area contributed by atoms with Crippen molar-refractivity contribution >= 4 is 37.2 Å². The third-order valence-corrected chi connectivity index (χ3v) is 13.3. The molecule has 7 heterocycles. The van der Waals surface area contributed by atoms with E-state index in [4.69, 9.17) is 14.1 Å². The van der Waals surface area contributed by atoms with Crippen molar-refractivity contribution in [1.82, 2.24) is 30.1 Å². The topological polar surface area (TPSA) is 146 Å². The molecule has 0 aromatic carbocycles. The normalized spacial score (nSPS) is 24.4. The zero-order chi connectivity index (χ0) is 34.0. The lowest BCUT2D eigenvalue weighted by molar-refractivity contribution is -0.0533. The van der Waals surface area contributed by atoms with Gasteiger partial charge >= 0.3 is 0 Å². The largest absolute Gasteiger partial charge is 0.421 e. The van der Waals surface area contributed by atoms with E-state index in [1.165, 1.54) is 16.9 Å². The number of hydrogen-bond acceptors (Lipinski definition) is 12. The maximum Gasteiger partial charge on any atom is 0.250 e. The summed E-state index contributed by atoms with van der Waals surface area (Å²) in [5.74, 6) is 1.76. The molecule has 5 aromatic heterocycles. The molecule has 1 aliphatic carbocycles. The fraction of sp³-hybridized carbons (Fsp3) is 0.500. The van der Waals surface area contributed by atoms with Crippen LogP contribution in [0, 0.1) is 18.8 Å². The van der Waals surface area contributed by atoms with Crippen LogP contribution in [0.3, 0.4) is 0 Å². The highest BCUT2D eigenvalue weighted by atomic mass is 32.2. The minimum Gasteiger partial charge on any atom is -0.421 e. The van der Waals surface area contributed by atoms with Crippen molar-refractivity contribution in [3.63, 3.8) is 0 Å². The molecule has 49 heavy (non-hydrogen) atoms. The number of nitrogens with zero attached hydrogens (tertiary/aromatic N) is 6. The Morgan fingerprint density at radius 1 is 1.08 bits per heavy atom. The van der Waals surface area contributed by atoms with Crippen LogP contribution in [0.4, 0.5) is 5.82 Å². The Morgan fingerprint density at radius 3 is 2.65 bits per heavy atom. The number of anilines is 1. The third-order valence-electron chi connectivity index (χ3n) is 10.3. The van der Waals surface area contributed by atoms with Crippen LogP contribution < -0.4 is 5.32 Å². The molecule has 0 spiro atoms. The zero-order valence-electron chi connectivity index (χ0n) is 28.4. The summed E-state index contributed by atoms with van der Waals surface area (Å²) in [4.78, 5) is 20.1. The van der Waals surface area contributed by atoms with Gasteiger partial charge in [-0.1, -0.05) is 19.9 Å². The molecule has 4 atom stereocenters. The van der Waals surface area contributed by atoms with E-state index < -0.39 is 9.84 Å². The molecule has 1 N–H and O–H groups in total. The molecule has 256 valence electrons. The van der Waals surface area contributed by atoms with Gasteiger partial charge in [0.1, 0.15) is 12.1 Å². The monoisotopic (exact) mass is 699 g/mol. The van der Waals surface area contributed by atoms with Crippen molar-refractivity contribution in [3.05, 3.63) is 59.3 Å². The number of aromatic nitrogens is 6. The van der Waals surface area contributed by atoms with Gasteiger partial charge in [0.05, 0.1) is 56.1 Å². The van der Waals surface area contributed by atoms with E-state index in [9.17, 15) is 8.42 Å². The highest BCUT2D eigenvalue weighted by Gasteiger charge is 2.43. The van der Waals surface area contributed by atoms with E-state index in [1.807, 2.05) is 18.3 Å². The first-order valence-electron chi connectivity index (χ1n) is 17.3. The van der Waals surface area contributed by atoms with Gasteiger partial charge in [-0.15, -0.1) is 21.5 Å². The Morgan fingerprint density at radius 2 is 1.90 bits per heavy atom. The SMILES string of the molecule is Cc1nnc(-c2c(CCC3CC(C)OC(C)C3)nc3c(c2-c2cc4ncnc(N[C@@H]5CCc6ncccc65)c4s2)S(=O)(=O)CC3C(C)C)o1. The number of nitrogens with one attached hydrogen (secondary N) is 1. The van der Waals surface area contributed by atoms with Crippen LogP contribution >= 0.6 is 11.3 Å². The predicted molar refractivity (Wildman–Crippen MR) is 188 cm³/mol. The number of rotatable bonds is 8. The number of aryl methyl sites for hydroxylation is 3. The van der Waals surface area contributed by atoms with Crippen LogP contribution in [0.1, 0.15) is 93.9 Å². The molecular weight excluding hydrogens is 659 g/mol. The molecule has 0 saturated carbocycles. The van der Waals surface area contributed by atoms with Gasteiger partial charge in [-0.05, 0) is 81.9 Å². The molecule has 2 aliphatic heterocycles. The van der Waals surface area contributed by atoms with Gasteiger partial charge in [0, 0.05) is 35.2 Å². The first-order chi connectivity index (χ1) is 23.6. The summed E-state index contributed by atoms with van der Waals surface area (Å²) in [6.07, 6.45) is 9.11. The van der Waals surface area contributed by atoms with Crippen LogP contribution in [0.5, 0.6) is 0 Å². The maximum atomic E-state index is 14.2. The lowest BCUT2D eigenvalue weighted by Gasteiger charge is -2.32. The van der Waals surface area contributed by atoms with Gasteiger partial charge in [-0.3, -0.25) is 9.97 Å². The Bertz CT molecular complexity index is 2150. The Hall–Kier alpha value is -3.81. The molecule has 1 saturated heterocycles. The Balaban J connectivity index is 1.30. The third kappa shape index (κ3) is 5.93. The fourth-order valence-electron chi connectivity index (χ4n) is 8.08. The zero-order valence-corrected chi connectivity index (χ0v) is 30.1. The van der Waals surface area contributed by atoms with Crippen LogP contribution in [-0.2, 0) is 27.4 Å². The minimum atomic E-state index is -3.69. The number of hydrogen-bond donors (Lipinski definition) is 1. The van der Waals surface area contributed by atoms with E-state index in [-0.39, 0.29) is 46.6 Å². The summed E-state index contributed by atoms with van der Waals surface area (Å²) in [7, 11) is -3.69. The lowest BCUT2D eigenvalue weighted by Crippen LogP contribution is -2.29. The van der Waals surface area contributed by atoms with Crippen LogP contribution in [0.2, 0.25) is 0 Å². The molecule has 3 aliphatic rings. The summed E-state index contributed by atoms with van der Waals surface area (Å²) in [5.41, 5.74) is 5.65. The quantitative estimate of drug-likeness (QED) is 0.174. The highest BCUT2D eigenvalue weighted by Crippen LogP contribution is 2.51. The highest BCUT2D eigenvalue weighted by molar-refractivity contribution is 7.92. The van der Waals surface area contributed by atoms with Gasteiger partial charge in [-0.25, -0.2) is 18.4 Å². The van der Waals surface area contributed by atoms with Crippen LogP contribution in [0.15, 0.2) is 40.0 Å². The fourth-order valence-corrected chi connectivity index (χ4v) is 11.5. The number of fused-ring (bicyclic) bond motifs is 3. The minimum absolute atomic E-state index is 0.0212. The van der Waals surface area contributed by atoms with Crippen molar-refractivity contribution in [2.45, 2.75) is 102 Å². The van der Waals surface area contributed by atoms with Gasteiger partial charge < -0.3 is 14.5 Å². The molecule has 3 unspecified atom stereocenters. The van der Waals surface area contributed by atoms with Crippen molar-refractivity contribution < 1.29 is 17.6 Å². The summed E-state index contributed by atoms with van der Waals surface area (Å²) in [5, 5.41) is 12.3. The van der Waals surface area contributed by atoms with Gasteiger partial charge in [0.15, 0.2) is 9.84 Å². The summed E-state index contributed by atoms with van der Waals surface area (Å²) in [6.45, 7) is 10.2. The summed E-state index contributed by atoms with van der Waals surface area (Å²) >= 11 is 1.49. The molecule has 0 bridgehead atoms. The second-order valence-corrected chi connectivity index (χ2v) is 17.3. The van der Waals surface area contributed by atoms with Crippen molar-refractivity contribution in [2.24, 2.45) is 11.8 Å². The molecule has 5 aromatic rings. The van der Waals surface area contributed by atoms with E-state index >= 15 is 0 Å². The van der Waals surface area contributed by atoms with Crippen LogP contribution in [0.25, 0.3) is 32.1 Å². The average molecular weight is 700 g/mol. The second-order valence-electron chi connectivity index (χ2n) is 14.2. The molecule has 13 heteroatoms. The maximum absolute atomic E-state index is 14.2. The standard InChI is InChI=1S/C36H41N7O4S2/c1-18(2)24-16-49(44,45)34-31(29-15-28-33(48-29)35(39-17-38-28)41-26-11-10-25-23(26)7-6-12-37-25)30(36-43-42-21(5)47-36)27(40-32(24)34)9-8-22-13-19(3)46-20(4)14-22/h6-7,12,15,17-20,22,24,26H,8-11,13-14,16H2,1-5H3,(H,38,39,41)/t19?,20?,22?,24?,26-/m1/s1.